The van der Waals surface area contributed by atoms with Gasteiger partial charge in [-0.05, 0) is 11.5 Å². The lowest BCUT2D eigenvalue weighted by Crippen LogP contribution is -2.17. The Morgan fingerprint density at radius 2 is 1.71 bits per heavy atom. The van der Waals surface area contributed by atoms with Crippen LogP contribution in [0, 0.1) is 5.92 Å². The monoisotopic (exact) mass is 214 g/mol. The molecule has 0 aliphatic rings. The SMILES string of the molecule is CC(C)[C@H](C(=O)O)c1ccccc1.Cl. The van der Waals surface area contributed by atoms with Gasteiger partial charge >= 0.3 is 5.97 Å². The van der Waals surface area contributed by atoms with Crippen LogP contribution in [-0.2, 0) is 4.79 Å². The molecule has 0 aliphatic heterocycles. The molecule has 0 bridgehead atoms. The van der Waals surface area contributed by atoms with Crippen LogP contribution in [0.2, 0.25) is 0 Å². The summed E-state index contributed by atoms with van der Waals surface area (Å²) in [5, 5.41) is 9.00. The number of hydrogen-bond acceptors (Lipinski definition) is 1. The minimum atomic E-state index is -0.749. The third kappa shape index (κ3) is 3.04. The summed E-state index contributed by atoms with van der Waals surface area (Å²) in [6, 6.07) is 9.35. The van der Waals surface area contributed by atoms with Gasteiger partial charge in [0.15, 0.2) is 0 Å². The molecule has 0 heterocycles. The van der Waals surface area contributed by atoms with Crippen molar-refractivity contribution in [2.24, 2.45) is 5.92 Å². The molecule has 0 fully saturated rings. The maximum Gasteiger partial charge on any atom is 0.311 e. The Labute approximate surface area is 90.4 Å². The second-order valence-corrected chi connectivity index (χ2v) is 3.47. The summed E-state index contributed by atoms with van der Waals surface area (Å²) in [5.74, 6) is -1.01. The van der Waals surface area contributed by atoms with E-state index in [0.29, 0.717) is 0 Å². The van der Waals surface area contributed by atoms with E-state index in [2.05, 4.69) is 0 Å². The molecule has 0 aromatic heterocycles. The highest BCUT2D eigenvalue weighted by Crippen LogP contribution is 2.23. The highest BCUT2D eigenvalue weighted by atomic mass is 35.5. The molecule has 0 unspecified atom stereocenters. The van der Waals surface area contributed by atoms with E-state index in [1.165, 1.54) is 0 Å². The lowest BCUT2D eigenvalue weighted by molar-refractivity contribution is -0.139. The lowest BCUT2D eigenvalue weighted by Gasteiger charge is -2.15. The van der Waals surface area contributed by atoms with E-state index in [9.17, 15) is 4.79 Å². The van der Waals surface area contributed by atoms with E-state index in [1.807, 2.05) is 44.2 Å². The summed E-state index contributed by atoms with van der Waals surface area (Å²) in [6.45, 7) is 3.84. The molecule has 0 spiro atoms. The van der Waals surface area contributed by atoms with Gasteiger partial charge in [-0.2, -0.15) is 0 Å². The van der Waals surface area contributed by atoms with Crippen LogP contribution in [0.4, 0.5) is 0 Å². The number of hydrogen-bond donors (Lipinski definition) is 1. The van der Waals surface area contributed by atoms with Gasteiger partial charge in [-0.3, -0.25) is 4.79 Å². The predicted octanol–water partition coefficient (Wildman–Crippen LogP) is 2.93. The van der Waals surface area contributed by atoms with Crippen LogP contribution in [0.5, 0.6) is 0 Å². The smallest absolute Gasteiger partial charge is 0.311 e. The average molecular weight is 215 g/mol. The highest BCUT2D eigenvalue weighted by molar-refractivity contribution is 5.85. The standard InChI is InChI=1S/C11H14O2.ClH/c1-8(2)10(11(12)13)9-6-4-3-5-7-9;/h3-8,10H,1-2H3,(H,12,13);1H/t10-;/m0./s1. The molecule has 1 N–H and O–H groups in total. The lowest BCUT2D eigenvalue weighted by atomic mass is 9.89. The quantitative estimate of drug-likeness (QED) is 0.840. The first-order valence-electron chi connectivity index (χ1n) is 4.40. The minimum Gasteiger partial charge on any atom is -0.481 e. The Hall–Kier alpha value is -1.02. The van der Waals surface area contributed by atoms with E-state index < -0.39 is 5.97 Å². The summed E-state index contributed by atoms with van der Waals surface area (Å²) in [4.78, 5) is 10.9. The van der Waals surface area contributed by atoms with Crippen molar-refractivity contribution in [1.29, 1.82) is 0 Å². The van der Waals surface area contributed by atoms with Crippen molar-refractivity contribution in [3.8, 4) is 0 Å². The average Bonchev–Trinajstić information content (AvgIpc) is 2.04. The van der Waals surface area contributed by atoms with Gasteiger partial charge < -0.3 is 5.11 Å². The highest BCUT2D eigenvalue weighted by Gasteiger charge is 2.22. The van der Waals surface area contributed by atoms with Gasteiger partial charge in [-0.1, -0.05) is 44.2 Å². The molecule has 78 valence electrons. The maximum absolute atomic E-state index is 10.9. The fourth-order valence-corrected chi connectivity index (χ4v) is 1.47. The molecule has 1 rings (SSSR count). The summed E-state index contributed by atoms with van der Waals surface area (Å²) >= 11 is 0. The second-order valence-electron chi connectivity index (χ2n) is 3.47. The number of benzene rings is 1. The zero-order valence-corrected chi connectivity index (χ0v) is 9.12. The van der Waals surface area contributed by atoms with Crippen molar-refractivity contribution < 1.29 is 9.90 Å². The number of aliphatic carboxylic acids is 1. The van der Waals surface area contributed by atoms with Crippen LogP contribution in [0.1, 0.15) is 25.3 Å². The van der Waals surface area contributed by atoms with Crippen molar-refractivity contribution >= 4 is 18.4 Å². The zero-order valence-electron chi connectivity index (χ0n) is 8.31. The maximum atomic E-state index is 10.9. The molecule has 1 aromatic rings. The fraction of sp³-hybridized carbons (Fsp3) is 0.364. The van der Waals surface area contributed by atoms with Crippen LogP contribution in [0.15, 0.2) is 30.3 Å². The van der Waals surface area contributed by atoms with E-state index in [1.54, 1.807) is 0 Å². The number of halogens is 1. The topological polar surface area (TPSA) is 37.3 Å². The summed E-state index contributed by atoms with van der Waals surface area (Å²) in [5.41, 5.74) is 0.880. The minimum absolute atomic E-state index is 0. The Balaban J connectivity index is 0.00000169. The summed E-state index contributed by atoms with van der Waals surface area (Å²) in [7, 11) is 0. The Morgan fingerprint density at radius 3 is 2.07 bits per heavy atom. The molecule has 0 saturated carbocycles. The van der Waals surface area contributed by atoms with Crippen molar-refractivity contribution in [3.05, 3.63) is 35.9 Å². The van der Waals surface area contributed by atoms with Crippen LogP contribution in [0.25, 0.3) is 0 Å². The van der Waals surface area contributed by atoms with E-state index in [0.717, 1.165) is 5.56 Å². The van der Waals surface area contributed by atoms with Crippen molar-refractivity contribution in [1.82, 2.24) is 0 Å². The number of carboxylic acid groups (broad SMARTS) is 1. The van der Waals surface area contributed by atoms with Crippen LogP contribution in [-0.4, -0.2) is 11.1 Å². The second kappa shape index (κ2) is 5.66. The normalized spacial score (nSPS) is 11.9. The van der Waals surface area contributed by atoms with Gasteiger partial charge in [0.05, 0.1) is 5.92 Å². The van der Waals surface area contributed by atoms with Gasteiger partial charge in [0.1, 0.15) is 0 Å². The first kappa shape index (κ1) is 13.0. The van der Waals surface area contributed by atoms with Gasteiger partial charge in [0.25, 0.3) is 0 Å². The van der Waals surface area contributed by atoms with Gasteiger partial charge in [-0.25, -0.2) is 0 Å². The Morgan fingerprint density at radius 1 is 1.21 bits per heavy atom. The molecule has 1 atom stereocenters. The van der Waals surface area contributed by atoms with Crippen molar-refractivity contribution in [2.45, 2.75) is 19.8 Å². The van der Waals surface area contributed by atoms with Gasteiger partial charge in [0, 0.05) is 0 Å². The Kier molecular flexibility index (Phi) is 5.24. The van der Waals surface area contributed by atoms with Crippen molar-refractivity contribution in [3.63, 3.8) is 0 Å². The summed E-state index contributed by atoms with van der Waals surface area (Å²) < 4.78 is 0. The van der Waals surface area contributed by atoms with Gasteiger partial charge in [-0.15, -0.1) is 12.4 Å². The summed E-state index contributed by atoms with van der Waals surface area (Å²) in [6.07, 6.45) is 0. The van der Waals surface area contributed by atoms with E-state index >= 15 is 0 Å². The van der Waals surface area contributed by atoms with Crippen LogP contribution in [0.3, 0.4) is 0 Å². The molecular weight excluding hydrogens is 200 g/mol. The molecule has 14 heavy (non-hydrogen) atoms. The first-order chi connectivity index (χ1) is 6.13. The van der Waals surface area contributed by atoms with Gasteiger partial charge in [0.2, 0.25) is 0 Å². The zero-order chi connectivity index (χ0) is 9.84. The molecule has 0 saturated heterocycles. The van der Waals surface area contributed by atoms with E-state index in [-0.39, 0.29) is 24.2 Å². The molecular formula is C11H15ClO2. The number of carbonyl (C=O) groups is 1. The third-order valence-electron chi connectivity index (χ3n) is 2.09. The largest absolute Gasteiger partial charge is 0.481 e. The first-order valence-corrected chi connectivity index (χ1v) is 4.40. The molecule has 1 aromatic carbocycles. The Bertz CT molecular complexity index is 283. The third-order valence-corrected chi connectivity index (χ3v) is 2.09. The van der Waals surface area contributed by atoms with Crippen LogP contribution >= 0.6 is 12.4 Å². The predicted molar refractivity (Wildman–Crippen MR) is 58.9 cm³/mol. The molecule has 0 amide bonds. The molecule has 0 radical (unpaired) electrons. The van der Waals surface area contributed by atoms with Crippen LogP contribution < -0.4 is 0 Å². The van der Waals surface area contributed by atoms with E-state index in [4.69, 9.17) is 5.11 Å². The molecule has 3 heteroatoms. The number of rotatable bonds is 3. The molecule has 2 nitrogen and oxygen atoms in total. The fourth-order valence-electron chi connectivity index (χ4n) is 1.47. The van der Waals surface area contributed by atoms with Crippen molar-refractivity contribution in [2.75, 3.05) is 0 Å². The number of carboxylic acids is 1. The molecule has 0 aliphatic carbocycles.